The van der Waals surface area contributed by atoms with E-state index >= 15 is 0 Å². The van der Waals surface area contributed by atoms with Crippen LogP contribution in [-0.2, 0) is 0 Å². The number of aryl methyl sites for hydroxylation is 1. The molecule has 0 aliphatic rings. The molecule has 1 nitrogen and oxygen atoms in total. The molecule has 2 aromatic carbocycles. The van der Waals surface area contributed by atoms with Crippen molar-refractivity contribution in [1.82, 2.24) is 5.32 Å². The van der Waals surface area contributed by atoms with Gasteiger partial charge in [0.25, 0.3) is 0 Å². The lowest BCUT2D eigenvalue weighted by molar-refractivity contribution is 0.493. The van der Waals surface area contributed by atoms with Crippen LogP contribution in [0.25, 0.3) is 0 Å². The summed E-state index contributed by atoms with van der Waals surface area (Å²) in [5.74, 6) is -0.380. The SMILES string of the molecule is Cc1cccc([C@@H](C)NC(C)c2ccc(F)c(Cl)c2)c1. The average Bonchev–Trinajstić information content (AvgIpc) is 2.41. The van der Waals surface area contributed by atoms with Crippen molar-refractivity contribution in [2.24, 2.45) is 0 Å². The molecule has 106 valence electrons. The van der Waals surface area contributed by atoms with Crippen LogP contribution in [-0.4, -0.2) is 0 Å². The maximum Gasteiger partial charge on any atom is 0.141 e. The second-order valence-corrected chi connectivity index (χ2v) is 5.60. The van der Waals surface area contributed by atoms with Crippen LogP contribution in [0.2, 0.25) is 5.02 Å². The molecule has 0 aliphatic heterocycles. The van der Waals surface area contributed by atoms with Gasteiger partial charge in [-0.25, -0.2) is 4.39 Å². The summed E-state index contributed by atoms with van der Waals surface area (Å²) in [6, 6.07) is 13.6. The molecular weight excluding hydrogens is 273 g/mol. The van der Waals surface area contributed by atoms with E-state index in [4.69, 9.17) is 11.6 Å². The molecule has 0 spiro atoms. The molecule has 0 saturated heterocycles. The zero-order valence-corrected chi connectivity index (χ0v) is 12.7. The third kappa shape index (κ3) is 3.59. The van der Waals surface area contributed by atoms with E-state index in [0.29, 0.717) is 0 Å². The summed E-state index contributed by atoms with van der Waals surface area (Å²) < 4.78 is 13.2. The zero-order chi connectivity index (χ0) is 14.7. The van der Waals surface area contributed by atoms with Gasteiger partial charge in [-0.15, -0.1) is 0 Å². The van der Waals surface area contributed by atoms with Crippen LogP contribution in [0.1, 0.15) is 42.6 Å². The Balaban J connectivity index is 2.10. The predicted molar refractivity (Wildman–Crippen MR) is 82.6 cm³/mol. The van der Waals surface area contributed by atoms with Crippen LogP contribution in [0.3, 0.4) is 0 Å². The maximum absolute atomic E-state index is 13.2. The minimum Gasteiger partial charge on any atom is -0.304 e. The van der Waals surface area contributed by atoms with Gasteiger partial charge in [-0.1, -0.05) is 47.5 Å². The summed E-state index contributed by atoms with van der Waals surface area (Å²) in [4.78, 5) is 0. The van der Waals surface area contributed by atoms with E-state index in [2.05, 4.69) is 50.4 Å². The summed E-state index contributed by atoms with van der Waals surface area (Å²) >= 11 is 5.83. The van der Waals surface area contributed by atoms with Crippen molar-refractivity contribution < 1.29 is 4.39 Å². The van der Waals surface area contributed by atoms with Crippen LogP contribution >= 0.6 is 11.6 Å². The van der Waals surface area contributed by atoms with Crippen molar-refractivity contribution in [2.45, 2.75) is 32.9 Å². The third-order valence-electron chi connectivity index (χ3n) is 3.49. The van der Waals surface area contributed by atoms with Gasteiger partial charge < -0.3 is 5.32 Å². The molecule has 0 saturated carbocycles. The van der Waals surface area contributed by atoms with Crippen molar-refractivity contribution in [3.63, 3.8) is 0 Å². The molecule has 0 aliphatic carbocycles. The van der Waals surface area contributed by atoms with E-state index < -0.39 is 0 Å². The number of benzene rings is 2. The number of nitrogens with one attached hydrogen (secondary N) is 1. The third-order valence-corrected chi connectivity index (χ3v) is 3.78. The molecule has 3 heteroatoms. The second-order valence-electron chi connectivity index (χ2n) is 5.20. The first kappa shape index (κ1) is 15.0. The molecule has 2 aromatic rings. The van der Waals surface area contributed by atoms with Gasteiger partial charge in [-0.3, -0.25) is 0 Å². The topological polar surface area (TPSA) is 12.0 Å². The maximum atomic E-state index is 13.2. The van der Waals surface area contributed by atoms with Crippen molar-refractivity contribution in [3.05, 3.63) is 70.0 Å². The molecule has 2 atom stereocenters. The van der Waals surface area contributed by atoms with E-state index in [1.165, 1.54) is 17.2 Å². The van der Waals surface area contributed by atoms with Crippen molar-refractivity contribution in [3.8, 4) is 0 Å². The lowest BCUT2D eigenvalue weighted by Gasteiger charge is -2.21. The number of hydrogen-bond donors (Lipinski definition) is 1. The largest absolute Gasteiger partial charge is 0.304 e. The van der Waals surface area contributed by atoms with Crippen LogP contribution in [0.15, 0.2) is 42.5 Å². The highest BCUT2D eigenvalue weighted by Gasteiger charge is 2.12. The van der Waals surface area contributed by atoms with Gasteiger partial charge in [0.15, 0.2) is 0 Å². The van der Waals surface area contributed by atoms with E-state index in [0.717, 1.165) is 5.56 Å². The van der Waals surface area contributed by atoms with Gasteiger partial charge >= 0.3 is 0 Å². The van der Waals surface area contributed by atoms with E-state index in [1.807, 2.05) is 0 Å². The summed E-state index contributed by atoms with van der Waals surface area (Å²) in [5.41, 5.74) is 3.47. The van der Waals surface area contributed by atoms with Crippen molar-refractivity contribution in [1.29, 1.82) is 0 Å². The smallest absolute Gasteiger partial charge is 0.141 e. The fourth-order valence-corrected chi connectivity index (χ4v) is 2.48. The van der Waals surface area contributed by atoms with Gasteiger partial charge in [0, 0.05) is 12.1 Å². The Hall–Kier alpha value is -1.38. The predicted octanol–water partition coefficient (Wildman–Crippen LogP) is 5.20. The quantitative estimate of drug-likeness (QED) is 0.816. The summed E-state index contributed by atoms with van der Waals surface area (Å²) in [7, 11) is 0. The first-order valence-electron chi connectivity index (χ1n) is 6.75. The molecule has 1 N–H and O–H groups in total. The highest BCUT2D eigenvalue weighted by atomic mass is 35.5. The van der Waals surface area contributed by atoms with Crippen molar-refractivity contribution >= 4 is 11.6 Å². The fourth-order valence-electron chi connectivity index (χ4n) is 2.29. The summed E-state index contributed by atoms with van der Waals surface area (Å²) in [6.45, 7) is 6.26. The Morgan fingerprint density at radius 1 is 1.00 bits per heavy atom. The molecule has 0 amide bonds. The molecule has 0 radical (unpaired) electrons. The lowest BCUT2D eigenvalue weighted by atomic mass is 10.0. The molecule has 0 aromatic heterocycles. The Kier molecular flexibility index (Phi) is 4.79. The Morgan fingerprint density at radius 3 is 2.25 bits per heavy atom. The average molecular weight is 292 g/mol. The Morgan fingerprint density at radius 2 is 1.65 bits per heavy atom. The van der Waals surface area contributed by atoms with Crippen molar-refractivity contribution in [2.75, 3.05) is 0 Å². The monoisotopic (exact) mass is 291 g/mol. The zero-order valence-electron chi connectivity index (χ0n) is 12.0. The summed E-state index contributed by atoms with van der Waals surface area (Å²) in [5, 5.41) is 3.67. The van der Waals surface area contributed by atoms with Crippen LogP contribution < -0.4 is 5.32 Å². The Bertz CT molecular complexity index is 597. The summed E-state index contributed by atoms with van der Waals surface area (Å²) in [6.07, 6.45) is 0. The minimum atomic E-state index is -0.380. The second kappa shape index (κ2) is 6.38. The first-order chi connectivity index (χ1) is 9.47. The van der Waals surface area contributed by atoms with Gasteiger partial charge in [-0.05, 0) is 44.0 Å². The first-order valence-corrected chi connectivity index (χ1v) is 7.12. The highest BCUT2D eigenvalue weighted by Crippen LogP contribution is 2.23. The van der Waals surface area contributed by atoms with E-state index in [9.17, 15) is 4.39 Å². The lowest BCUT2D eigenvalue weighted by Crippen LogP contribution is -2.22. The fraction of sp³-hybridized carbons (Fsp3) is 0.294. The molecule has 0 heterocycles. The number of halogens is 2. The van der Waals surface area contributed by atoms with Gasteiger partial charge in [0.1, 0.15) is 5.82 Å². The molecule has 0 fully saturated rings. The molecule has 20 heavy (non-hydrogen) atoms. The standard InChI is InChI=1S/C17H19ClFN/c1-11-5-4-6-14(9-11)12(2)20-13(3)15-7-8-17(19)16(18)10-15/h4-10,12-13,20H,1-3H3/t12-,13?/m1/s1. The minimum absolute atomic E-state index is 0.101. The van der Waals surface area contributed by atoms with Crippen LogP contribution in [0.4, 0.5) is 4.39 Å². The van der Waals surface area contributed by atoms with Crippen LogP contribution in [0.5, 0.6) is 0 Å². The number of rotatable bonds is 4. The van der Waals surface area contributed by atoms with E-state index in [-0.39, 0.29) is 22.9 Å². The van der Waals surface area contributed by atoms with E-state index in [1.54, 1.807) is 12.1 Å². The molecule has 0 bridgehead atoms. The van der Waals surface area contributed by atoms with Crippen LogP contribution in [0, 0.1) is 12.7 Å². The highest BCUT2D eigenvalue weighted by molar-refractivity contribution is 6.30. The van der Waals surface area contributed by atoms with Gasteiger partial charge in [0.05, 0.1) is 5.02 Å². The molecule has 1 unspecified atom stereocenters. The molecule has 2 rings (SSSR count). The van der Waals surface area contributed by atoms with Gasteiger partial charge in [-0.2, -0.15) is 0 Å². The Labute approximate surface area is 124 Å². The number of hydrogen-bond acceptors (Lipinski definition) is 1. The normalized spacial score (nSPS) is 14.1. The molecular formula is C17H19ClFN. The van der Waals surface area contributed by atoms with Gasteiger partial charge in [0.2, 0.25) is 0 Å².